The minimum atomic E-state index is 0.797. The summed E-state index contributed by atoms with van der Waals surface area (Å²) < 4.78 is 5.21. The first-order valence-corrected chi connectivity index (χ1v) is 5.31. The minimum Gasteiger partial charge on any atom is -0.497 e. The molecule has 1 aromatic carbocycles. The average molecular weight is 225 g/mol. The Labute approximate surface area is 98.3 Å². The highest BCUT2D eigenvalue weighted by Crippen LogP contribution is 2.24. The summed E-state index contributed by atoms with van der Waals surface area (Å²) in [6.45, 7) is 0. The van der Waals surface area contributed by atoms with Gasteiger partial charge in [0.2, 0.25) is 0 Å². The summed E-state index contributed by atoms with van der Waals surface area (Å²) in [6.07, 6.45) is 3.36. The largest absolute Gasteiger partial charge is 0.497 e. The van der Waals surface area contributed by atoms with E-state index < -0.39 is 0 Å². The van der Waals surface area contributed by atoms with Crippen LogP contribution < -0.4 is 4.74 Å². The third kappa shape index (κ3) is 1.73. The maximum Gasteiger partial charge on any atom is 0.156 e. The molecule has 0 unspecified atom stereocenters. The van der Waals surface area contributed by atoms with Crippen LogP contribution in [0.15, 0.2) is 42.7 Å². The molecule has 2 aromatic heterocycles. The van der Waals surface area contributed by atoms with Crippen LogP contribution in [0.4, 0.5) is 0 Å². The number of nitrogens with one attached hydrogen (secondary N) is 1. The highest BCUT2D eigenvalue weighted by molar-refractivity contribution is 5.79. The molecule has 0 amide bonds. The Bertz CT molecular complexity index is 627. The zero-order valence-corrected chi connectivity index (χ0v) is 9.34. The second kappa shape index (κ2) is 3.90. The SMILES string of the molecule is COc1cccc(-c2cc3nccnc3[nH]2)c1. The van der Waals surface area contributed by atoms with Crippen LogP contribution in [0.3, 0.4) is 0 Å². The van der Waals surface area contributed by atoms with E-state index in [1.165, 1.54) is 0 Å². The number of rotatable bonds is 2. The number of fused-ring (bicyclic) bond motifs is 1. The highest BCUT2D eigenvalue weighted by Gasteiger charge is 2.05. The van der Waals surface area contributed by atoms with Crippen molar-refractivity contribution in [3.8, 4) is 17.0 Å². The lowest BCUT2D eigenvalue weighted by atomic mass is 10.1. The molecule has 4 heteroatoms. The molecular formula is C13H11N3O. The summed E-state index contributed by atoms with van der Waals surface area (Å²) in [5.74, 6) is 0.835. The average Bonchev–Trinajstić information content (AvgIpc) is 2.82. The molecule has 3 rings (SSSR count). The number of methoxy groups -OCH3 is 1. The van der Waals surface area contributed by atoms with Gasteiger partial charge in [-0.05, 0) is 18.2 Å². The van der Waals surface area contributed by atoms with E-state index in [9.17, 15) is 0 Å². The minimum absolute atomic E-state index is 0.797. The lowest BCUT2D eigenvalue weighted by Crippen LogP contribution is -1.83. The number of hydrogen-bond acceptors (Lipinski definition) is 3. The van der Waals surface area contributed by atoms with Crippen molar-refractivity contribution in [1.82, 2.24) is 15.0 Å². The summed E-state index contributed by atoms with van der Waals surface area (Å²) in [4.78, 5) is 11.7. The van der Waals surface area contributed by atoms with E-state index >= 15 is 0 Å². The van der Waals surface area contributed by atoms with Gasteiger partial charge in [0.05, 0.1) is 7.11 Å². The fourth-order valence-electron chi connectivity index (χ4n) is 1.80. The van der Waals surface area contributed by atoms with Gasteiger partial charge in [-0.3, -0.25) is 4.98 Å². The number of ether oxygens (including phenoxy) is 1. The summed E-state index contributed by atoms with van der Waals surface area (Å²) in [7, 11) is 1.66. The molecule has 1 N–H and O–H groups in total. The standard InChI is InChI=1S/C13H11N3O/c1-17-10-4-2-3-9(7-10)11-8-12-13(16-11)15-6-5-14-12/h2-8H,1H3,(H,15,16). The first-order chi connectivity index (χ1) is 8.36. The number of aromatic nitrogens is 3. The topological polar surface area (TPSA) is 50.8 Å². The Morgan fingerprint density at radius 3 is 2.82 bits per heavy atom. The van der Waals surface area contributed by atoms with Crippen molar-refractivity contribution in [3.05, 3.63) is 42.7 Å². The molecule has 4 nitrogen and oxygen atoms in total. The lowest BCUT2D eigenvalue weighted by molar-refractivity contribution is 0.415. The van der Waals surface area contributed by atoms with Crippen molar-refractivity contribution in [2.45, 2.75) is 0 Å². The molecule has 17 heavy (non-hydrogen) atoms. The van der Waals surface area contributed by atoms with E-state index in [4.69, 9.17) is 4.74 Å². The molecule has 0 saturated carbocycles. The van der Waals surface area contributed by atoms with E-state index in [-0.39, 0.29) is 0 Å². The molecule has 0 aliphatic rings. The van der Waals surface area contributed by atoms with Gasteiger partial charge < -0.3 is 9.72 Å². The Morgan fingerprint density at radius 2 is 2.00 bits per heavy atom. The summed E-state index contributed by atoms with van der Waals surface area (Å²) in [5.41, 5.74) is 3.71. The second-order valence-corrected chi connectivity index (χ2v) is 3.71. The van der Waals surface area contributed by atoms with Crippen molar-refractivity contribution < 1.29 is 4.74 Å². The van der Waals surface area contributed by atoms with Gasteiger partial charge in [-0.2, -0.15) is 0 Å². The summed E-state index contributed by atoms with van der Waals surface area (Å²) in [5, 5.41) is 0. The van der Waals surface area contributed by atoms with Crippen LogP contribution in [-0.2, 0) is 0 Å². The van der Waals surface area contributed by atoms with Crippen LogP contribution >= 0.6 is 0 Å². The molecule has 84 valence electrons. The number of benzene rings is 1. The predicted octanol–water partition coefficient (Wildman–Crippen LogP) is 2.63. The molecule has 0 spiro atoms. The Hall–Kier alpha value is -2.36. The second-order valence-electron chi connectivity index (χ2n) is 3.71. The fraction of sp³-hybridized carbons (Fsp3) is 0.0769. The van der Waals surface area contributed by atoms with Crippen molar-refractivity contribution >= 4 is 11.2 Å². The van der Waals surface area contributed by atoms with E-state index in [2.05, 4.69) is 15.0 Å². The third-order valence-electron chi connectivity index (χ3n) is 2.64. The third-order valence-corrected chi connectivity index (χ3v) is 2.64. The zero-order valence-electron chi connectivity index (χ0n) is 9.34. The molecule has 0 radical (unpaired) electrons. The molecule has 0 bridgehead atoms. The van der Waals surface area contributed by atoms with Crippen LogP contribution in [0.1, 0.15) is 0 Å². The van der Waals surface area contributed by atoms with E-state index in [1.807, 2.05) is 30.3 Å². The van der Waals surface area contributed by atoms with Crippen LogP contribution in [0.5, 0.6) is 5.75 Å². The Balaban J connectivity index is 2.13. The van der Waals surface area contributed by atoms with E-state index in [0.717, 1.165) is 28.2 Å². The van der Waals surface area contributed by atoms with Crippen LogP contribution in [0.25, 0.3) is 22.4 Å². The molecule has 0 aliphatic carbocycles. The first kappa shape index (κ1) is 9.84. The van der Waals surface area contributed by atoms with Gasteiger partial charge in [-0.25, -0.2) is 4.98 Å². The maximum absolute atomic E-state index is 5.21. The van der Waals surface area contributed by atoms with Crippen LogP contribution in [-0.4, -0.2) is 22.1 Å². The van der Waals surface area contributed by atoms with E-state index in [1.54, 1.807) is 19.5 Å². The lowest BCUT2D eigenvalue weighted by Gasteiger charge is -2.01. The Kier molecular flexibility index (Phi) is 2.26. The highest BCUT2D eigenvalue weighted by atomic mass is 16.5. The quantitative estimate of drug-likeness (QED) is 0.729. The van der Waals surface area contributed by atoms with Crippen molar-refractivity contribution in [3.63, 3.8) is 0 Å². The van der Waals surface area contributed by atoms with Crippen molar-refractivity contribution in [2.75, 3.05) is 7.11 Å². The van der Waals surface area contributed by atoms with Crippen LogP contribution in [0, 0.1) is 0 Å². The number of aromatic amines is 1. The van der Waals surface area contributed by atoms with Gasteiger partial charge >= 0.3 is 0 Å². The summed E-state index contributed by atoms with van der Waals surface area (Å²) >= 11 is 0. The maximum atomic E-state index is 5.21. The zero-order chi connectivity index (χ0) is 11.7. The monoisotopic (exact) mass is 225 g/mol. The molecule has 3 aromatic rings. The van der Waals surface area contributed by atoms with Gasteiger partial charge in [0.15, 0.2) is 5.65 Å². The summed E-state index contributed by atoms with van der Waals surface area (Å²) in [6, 6.07) is 9.86. The van der Waals surface area contributed by atoms with Gasteiger partial charge in [0.25, 0.3) is 0 Å². The van der Waals surface area contributed by atoms with Gasteiger partial charge in [0.1, 0.15) is 11.3 Å². The fourth-order valence-corrected chi connectivity index (χ4v) is 1.80. The van der Waals surface area contributed by atoms with Gasteiger partial charge in [-0.15, -0.1) is 0 Å². The van der Waals surface area contributed by atoms with Gasteiger partial charge in [0, 0.05) is 23.7 Å². The smallest absolute Gasteiger partial charge is 0.156 e. The Morgan fingerprint density at radius 1 is 1.12 bits per heavy atom. The number of H-pyrrole nitrogens is 1. The van der Waals surface area contributed by atoms with E-state index in [0.29, 0.717) is 0 Å². The van der Waals surface area contributed by atoms with Crippen LogP contribution in [0.2, 0.25) is 0 Å². The molecule has 0 saturated heterocycles. The van der Waals surface area contributed by atoms with Crippen molar-refractivity contribution in [2.24, 2.45) is 0 Å². The normalized spacial score (nSPS) is 10.6. The molecular weight excluding hydrogens is 214 g/mol. The number of nitrogens with zero attached hydrogens (tertiary/aromatic N) is 2. The molecule has 2 heterocycles. The molecule has 0 fully saturated rings. The number of hydrogen-bond donors (Lipinski definition) is 1. The van der Waals surface area contributed by atoms with Crippen molar-refractivity contribution in [1.29, 1.82) is 0 Å². The molecule has 0 aliphatic heterocycles. The molecule has 0 atom stereocenters. The predicted molar refractivity (Wildman–Crippen MR) is 65.9 cm³/mol. The first-order valence-electron chi connectivity index (χ1n) is 5.31. The van der Waals surface area contributed by atoms with Gasteiger partial charge in [-0.1, -0.05) is 12.1 Å².